The summed E-state index contributed by atoms with van der Waals surface area (Å²) in [5.41, 5.74) is 2.57. The van der Waals surface area contributed by atoms with Crippen LogP contribution in [0.2, 0.25) is 5.15 Å². The first-order valence-electron chi connectivity index (χ1n) is 11.9. The smallest absolute Gasteiger partial charge is 0.248 e. The van der Waals surface area contributed by atoms with E-state index in [1.807, 2.05) is 18.2 Å². The number of nitrogens with zero attached hydrogens (tertiary/aromatic N) is 6. The summed E-state index contributed by atoms with van der Waals surface area (Å²) in [5.74, 6) is -0.438. The first-order valence-corrected chi connectivity index (χ1v) is 12.3. The fraction of sp³-hybridized carbons (Fsp3) is 0.269. The molecule has 0 aliphatic carbocycles. The highest BCUT2D eigenvalue weighted by molar-refractivity contribution is 6.29. The lowest BCUT2D eigenvalue weighted by atomic mass is 10.0. The van der Waals surface area contributed by atoms with Crippen LogP contribution in [0.15, 0.2) is 55.1 Å². The van der Waals surface area contributed by atoms with Crippen molar-refractivity contribution in [1.82, 2.24) is 29.6 Å². The van der Waals surface area contributed by atoms with Gasteiger partial charge in [0.25, 0.3) is 0 Å². The third-order valence-corrected chi connectivity index (χ3v) is 6.57. The van der Waals surface area contributed by atoms with Crippen LogP contribution < -0.4 is 5.32 Å². The topological polar surface area (TPSA) is 123 Å². The van der Waals surface area contributed by atoms with Crippen molar-refractivity contribution in [3.05, 3.63) is 66.0 Å². The maximum Gasteiger partial charge on any atom is 0.248 e. The van der Waals surface area contributed by atoms with E-state index in [2.05, 4.69) is 25.4 Å². The molecule has 0 saturated carbocycles. The monoisotopic (exact) mass is 517 g/mol. The lowest BCUT2D eigenvalue weighted by Crippen LogP contribution is -2.51. The Morgan fingerprint density at radius 1 is 1.08 bits per heavy atom. The zero-order chi connectivity index (χ0) is 25.9. The number of likely N-dealkylation sites (tertiary alicyclic amines) is 1. The molecule has 3 aromatic heterocycles. The Morgan fingerprint density at radius 3 is 2.65 bits per heavy atom. The number of aromatic nitrogens is 5. The van der Waals surface area contributed by atoms with Crippen LogP contribution in [0, 0.1) is 0 Å². The predicted octanol–water partition coefficient (Wildman–Crippen LogP) is 3.76. The molecule has 1 aromatic carbocycles. The molecule has 0 unspecified atom stereocenters. The molecule has 0 bridgehead atoms. The van der Waals surface area contributed by atoms with E-state index in [-0.39, 0.29) is 35.0 Å². The number of carbonyl (C=O) groups is 3. The fourth-order valence-corrected chi connectivity index (χ4v) is 4.76. The van der Waals surface area contributed by atoms with Crippen molar-refractivity contribution in [2.45, 2.75) is 38.8 Å². The van der Waals surface area contributed by atoms with Gasteiger partial charge in [-0.15, -0.1) is 0 Å². The van der Waals surface area contributed by atoms with Crippen molar-refractivity contribution in [1.29, 1.82) is 0 Å². The first kappa shape index (κ1) is 24.5. The number of hydrogen-bond donors (Lipinski definition) is 1. The van der Waals surface area contributed by atoms with Crippen molar-refractivity contribution in [3.63, 3.8) is 0 Å². The Hall–Kier alpha value is -4.18. The van der Waals surface area contributed by atoms with Crippen LogP contribution in [-0.4, -0.2) is 59.8 Å². The van der Waals surface area contributed by atoms with Gasteiger partial charge in [0.15, 0.2) is 5.78 Å². The Labute approximate surface area is 217 Å². The highest BCUT2D eigenvalue weighted by Gasteiger charge is 2.33. The van der Waals surface area contributed by atoms with Crippen LogP contribution in [0.25, 0.3) is 22.0 Å². The fourth-order valence-electron chi connectivity index (χ4n) is 4.60. The highest BCUT2D eigenvalue weighted by Crippen LogP contribution is 2.27. The molecule has 1 aliphatic rings. The quantitative estimate of drug-likeness (QED) is 0.305. The summed E-state index contributed by atoms with van der Waals surface area (Å²) in [6, 6.07) is 9.88. The van der Waals surface area contributed by atoms with E-state index in [1.54, 1.807) is 35.5 Å². The van der Waals surface area contributed by atoms with E-state index in [1.165, 1.54) is 17.9 Å². The van der Waals surface area contributed by atoms with Gasteiger partial charge in [-0.3, -0.25) is 19.1 Å². The van der Waals surface area contributed by atoms with E-state index in [4.69, 9.17) is 11.6 Å². The maximum atomic E-state index is 13.4. The van der Waals surface area contributed by atoms with Crippen molar-refractivity contribution < 1.29 is 14.4 Å². The molecule has 37 heavy (non-hydrogen) atoms. The van der Waals surface area contributed by atoms with E-state index < -0.39 is 6.04 Å². The Balaban J connectivity index is 1.40. The molecule has 2 amide bonds. The van der Waals surface area contributed by atoms with Gasteiger partial charge in [-0.25, -0.2) is 15.0 Å². The molecular formula is C26H24ClN7O3. The maximum absolute atomic E-state index is 13.4. The number of nitrogens with one attached hydrogen (secondary N) is 1. The zero-order valence-electron chi connectivity index (χ0n) is 20.1. The molecule has 1 fully saturated rings. The normalized spacial score (nSPS) is 15.5. The molecule has 1 saturated heterocycles. The lowest BCUT2D eigenvalue weighted by molar-refractivity contribution is -0.141. The van der Waals surface area contributed by atoms with Crippen molar-refractivity contribution >= 4 is 45.9 Å². The Kier molecular flexibility index (Phi) is 6.91. The molecule has 1 aliphatic heterocycles. The molecule has 188 valence electrons. The number of halogens is 1. The van der Waals surface area contributed by atoms with Crippen molar-refractivity contribution in [2.24, 2.45) is 0 Å². The van der Waals surface area contributed by atoms with Crippen LogP contribution in [0.3, 0.4) is 0 Å². The van der Waals surface area contributed by atoms with E-state index >= 15 is 0 Å². The Bertz CT molecular complexity index is 1490. The summed E-state index contributed by atoms with van der Waals surface area (Å²) in [5, 5.41) is 8.14. The van der Waals surface area contributed by atoms with Gasteiger partial charge < -0.3 is 10.2 Å². The van der Waals surface area contributed by atoms with Crippen molar-refractivity contribution in [3.8, 4) is 11.1 Å². The summed E-state index contributed by atoms with van der Waals surface area (Å²) in [7, 11) is 0. The Morgan fingerprint density at radius 2 is 1.89 bits per heavy atom. The number of hydrogen-bond acceptors (Lipinski definition) is 7. The highest BCUT2D eigenvalue weighted by atomic mass is 35.5. The van der Waals surface area contributed by atoms with Gasteiger partial charge in [0.1, 0.15) is 35.6 Å². The molecule has 11 heteroatoms. The summed E-state index contributed by atoms with van der Waals surface area (Å²) in [4.78, 5) is 52.7. The largest absolute Gasteiger partial charge is 0.329 e. The van der Waals surface area contributed by atoms with Gasteiger partial charge in [0.05, 0.1) is 5.52 Å². The third-order valence-electron chi connectivity index (χ3n) is 6.36. The van der Waals surface area contributed by atoms with Gasteiger partial charge in [0.2, 0.25) is 11.8 Å². The second-order valence-corrected chi connectivity index (χ2v) is 9.24. The number of pyridine rings is 1. The summed E-state index contributed by atoms with van der Waals surface area (Å²) in [6.07, 6.45) is 7.00. The number of ketones is 1. The number of piperidine rings is 1. The molecule has 4 aromatic rings. The van der Waals surface area contributed by atoms with E-state index in [0.29, 0.717) is 29.7 Å². The number of anilines is 1. The van der Waals surface area contributed by atoms with Crippen LogP contribution >= 0.6 is 11.6 Å². The standard InChI is InChI=1S/C26H24ClN7O3/c1-16(35)25-19-11-17(18-12-28-15-29-13-18)8-9-20(19)34(32-25)14-24(36)33-10-3-2-5-21(33)26(37)31-23-7-4-6-22(27)30-23/h4,6-9,11-13,15,21H,2-3,5,10,14H2,1H3,(H,30,31,37)/t21-/m0/s1. The molecule has 10 nitrogen and oxygen atoms in total. The number of carbonyl (C=O) groups excluding carboxylic acids is 3. The molecule has 1 atom stereocenters. The molecule has 1 N–H and O–H groups in total. The van der Waals surface area contributed by atoms with Gasteiger partial charge in [-0.2, -0.15) is 5.10 Å². The lowest BCUT2D eigenvalue weighted by Gasteiger charge is -2.34. The average Bonchev–Trinajstić information content (AvgIpc) is 3.27. The van der Waals surface area contributed by atoms with Crippen LogP contribution in [-0.2, 0) is 16.1 Å². The summed E-state index contributed by atoms with van der Waals surface area (Å²) < 4.78 is 1.53. The number of fused-ring (bicyclic) bond motifs is 1. The van der Waals surface area contributed by atoms with Gasteiger partial charge in [-0.05, 0) is 49.1 Å². The summed E-state index contributed by atoms with van der Waals surface area (Å²) in [6.45, 7) is 1.80. The molecule has 0 spiro atoms. The van der Waals surface area contributed by atoms with Crippen molar-refractivity contribution in [2.75, 3.05) is 11.9 Å². The van der Waals surface area contributed by atoms with Gasteiger partial charge >= 0.3 is 0 Å². The van der Waals surface area contributed by atoms with Gasteiger partial charge in [-0.1, -0.05) is 23.7 Å². The molecular weight excluding hydrogens is 494 g/mol. The first-order chi connectivity index (χ1) is 17.9. The van der Waals surface area contributed by atoms with Crippen LogP contribution in [0.1, 0.15) is 36.7 Å². The van der Waals surface area contributed by atoms with E-state index in [0.717, 1.165) is 24.0 Å². The molecule has 5 rings (SSSR count). The predicted molar refractivity (Wildman–Crippen MR) is 138 cm³/mol. The minimum Gasteiger partial charge on any atom is -0.329 e. The molecule has 4 heterocycles. The molecule has 0 radical (unpaired) electrons. The van der Waals surface area contributed by atoms with Crippen LogP contribution in [0.5, 0.6) is 0 Å². The number of rotatable bonds is 6. The zero-order valence-corrected chi connectivity index (χ0v) is 20.9. The van der Waals surface area contributed by atoms with Crippen LogP contribution in [0.4, 0.5) is 5.82 Å². The second kappa shape index (κ2) is 10.4. The average molecular weight is 518 g/mol. The number of amides is 2. The van der Waals surface area contributed by atoms with E-state index in [9.17, 15) is 14.4 Å². The SMILES string of the molecule is CC(=O)c1nn(CC(=O)N2CCCC[C@H]2C(=O)Nc2cccc(Cl)n2)c2ccc(-c3cncnc3)cc12. The third kappa shape index (κ3) is 5.19. The van der Waals surface area contributed by atoms with Gasteiger partial charge in [0, 0.05) is 36.8 Å². The number of benzene rings is 1. The minimum atomic E-state index is -0.638. The number of Topliss-reactive ketones (excluding diaryl/α,β-unsaturated/α-hetero) is 1. The second-order valence-electron chi connectivity index (χ2n) is 8.86. The summed E-state index contributed by atoms with van der Waals surface area (Å²) >= 11 is 5.93. The minimum absolute atomic E-state index is 0.100.